The summed E-state index contributed by atoms with van der Waals surface area (Å²) in [4.78, 5) is 0. The van der Waals surface area contributed by atoms with Crippen LogP contribution in [-0.2, 0) is 101 Å². The van der Waals surface area contributed by atoms with Crippen molar-refractivity contribution >= 4 is 0 Å². The largest absolute Gasteiger partial charge is 4.00 e. The summed E-state index contributed by atoms with van der Waals surface area (Å²) in [7, 11) is 0. The summed E-state index contributed by atoms with van der Waals surface area (Å²) in [6.45, 7) is 0. The van der Waals surface area contributed by atoms with Crippen LogP contribution in [0, 0.1) is 0 Å². The van der Waals surface area contributed by atoms with Gasteiger partial charge in [0.1, 0.15) is 0 Å². The zero-order valence-electron chi connectivity index (χ0n) is 4.64. The fraction of sp³-hybridized carbons (Fsp3) is 0. The zero-order chi connectivity index (χ0) is 0. The van der Waals surface area contributed by atoms with Crippen LogP contribution in [0.3, 0.4) is 0 Å². The molecule has 4 nitrogen and oxygen atoms in total. The van der Waals surface area contributed by atoms with E-state index in [1.165, 1.54) is 0 Å². The van der Waals surface area contributed by atoms with Gasteiger partial charge in [-0.25, -0.2) is 0 Å². The molecule has 0 heterocycles. The number of rotatable bonds is 0. The Kier molecular flexibility index (Phi) is 11500. The van der Waals surface area contributed by atoms with Gasteiger partial charge in [0, 0.05) is 0 Å². The molecular weight excluding hydrogens is 414 g/mol. The van der Waals surface area contributed by atoms with E-state index in [1.54, 1.807) is 0 Å². The summed E-state index contributed by atoms with van der Waals surface area (Å²) in [6, 6.07) is 0. The Bertz CT molecular complexity index is 17.3. The van der Waals surface area contributed by atoms with Gasteiger partial charge in [-0.2, -0.15) is 0 Å². The topological polar surface area (TPSA) is 114 Å². The van der Waals surface area contributed by atoms with E-state index >= 15 is 0 Å². The molecule has 0 aromatic rings. The fourth-order valence-corrected chi connectivity index (χ4v) is 0. The third kappa shape index (κ3) is 261. The van der Waals surface area contributed by atoms with Crippen LogP contribution < -0.4 is 18.8 Å². The summed E-state index contributed by atoms with van der Waals surface area (Å²) in [6.07, 6.45) is 0. The van der Waals surface area contributed by atoms with E-state index in [-0.39, 0.29) is 119 Å². The first-order chi connectivity index (χ1) is 0. The SMILES string of the molecule is [F-].[F-].[F-].[F-].[O-2].[O-2].[O-2].[O-2].[Zr+4].[Zr+4].[Zr+4]. The minimum absolute atomic E-state index is 0. The molecule has 0 aliphatic carbocycles. The molecule has 0 rings (SSSR count). The molecule has 0 radical (unpaired) electrons. The van der Waals surface area contributed by atoms with Gasteiger partial charge in [0.15, 0.2) is 0 Å². The van der Waals surface area contributed by atoms with E-state index < -0.39 is 0 Å². The molecular formula is F4O4Zr3. The maximum Gasteiger partial charge on any atom is 4.00 e. The number of hydrogen-bond donors (Lipinski definition) is 0. The maximum absolute atomic E-state index is 0. The van der Waals surface area contributed by atoms with Gasteiger partial charge in [0.25, 0.3) is 0 Å². The summed E-state index contributed by atoms with van der Waals surface area (Å²) < 4.78 is 0. The number of halogens is 4. The van der Waals surface area contributed by atoms with Crippen molar-refractivity contribution in [3.8, 4) is 0 Å². The Morgan fingerprint density at radius 3 is 0.273 bits per heavy atom. The van der Waals surface area contributed by atoms with Gasteiger partial charge in [-0.3, -0.25) is 0 Å². The molecule has 11 heavy (non-hydrogen) atoms. The van der Waals surface area contributed by atoms with Crippen LogP contribution >= 0.6 is 0 Å². The molecule has 0 aromatic heterocycles. The molecule has 0 atom stereocenters. The first kappa shape index (κ1) is 403. The van der Waals surface area contributed by atoms with E-state index in [0.29, 0.717) is 0 Å². The smallest absolute Gasteiger partial charge is 2.00 e. The van der Waals surface area contributed by atoms with Crippen molar-refractivity contribution in [2.45, 2.75) is 0 Å². The quantitative estimate of drug-likeness (QED) is 0.351. The van der Waals surface area contributed by atoms with Crippen LogP contribution in [0.5, 0.6) is 0 Å². The molecule has 0 aliphatic rings. The normalized spacial score (nSPS) is 0. The average molecular weight is 414 g/mol. The van der Waals surface area contributed by atoms with E-state index in [1.807, 2.05) is 0 Å². The zero-order valence-corrected chi connectivity index (χ0v) is 12.0. The molecule has 11 heteroatoms. The first-order valence-corrected chi connectivity index (χ1v) is 0. The van der Waals surface area contributed by atoms with Gasteiger partial charge in [0.05, 0.1) is 0 Å². The van der Waals surface area contributed by atoms with Crippen molar-refractivity contribution in [1.82, 2.24) is 0 Å². The molecule has 64 valence electrons. The van der Waals surface area contributed by atoms with Crippen molar-refractivity contribution < 1.29 is 119 Å². The Morgan fingerprint density at radius 1 is 0.273 bits per heavy atom. The van der Waals surface area contributed by atoms with Crippen LogP contribution in [0.25, 0.3) is 0 Å². The Labute approximate surface area is 118 Å². The third-order valence-corrected chi connectivity index (χ3v) is 0. The second kappa shape index (κ2) is 314. The molecule has 0 spiro atoms. The summed E-state index contributed by atoms with van der Waals surface area (Å²) in [5, 5.41) is 0. The molecule has 0 saturated heterocycles. The average Bonchev–Trinajstić information content (AvgIpc) is 0. The Hall–Kier alpha value is 2.21. The Balaban J connectivity index is 0. The van der Waals surface area contributed by atoms with E-state index in [2.05, 4.69) is 0 Å². The van der Waals surface area contributed by atoms with E-state index in [9.17, 15) is 0 Å². The van der Waals surface area contributed by atoms with Gasteiger partial charge in [0.2, 0.25) is 0 Å². The van der Waals surface area contributed by atoms with Crippen LogP contribution in [0.1, 0.15) is 0 Å². The molecule has 0 bridgehead atoms. The standard InChI is InChI=1S/4FH.4O.3Zr/h4*1H;;;;;;;/q;;;;4*-2;3*+4/p-4. The third-order valence-electron chi connectivity index (χ3n) is 0. The van der Waals surface area contributed by atoms with Crippen molar-refractivity contribution in [1.29, 1.82) is 0 Å². The minimum atomic E-state index is 0. The fourth-order valence-electron chi connectivity index (χ4n) is 0. The molecule has 0 unspecified atom stereocenters. The summed E-state index contributed by atoms with van der Waals surface area (Å²) in [5.74, 6) is 0. The van der Waals surface area contributed by atoms with Crippen molar-refractivity contribution in [2.24, 2.45) is 0 Å². The molecule has 0 aromatic carbocycles. The van der Waals surface area contributed by atoms with Crippen LogP contribution in [0.2, 0.25) is 0 Å². The summed E-state index contributed by atoms with van der Waals surface area (Å²) in [5.41, 5.74) is 0. The van der Waals surface area contributed by atoms with E-state index in [4.69, 9.17) is 0 Å². The van der Waals surface area contributed by atoms with Crippen molar-refractivity contribution in [3.05, 3.63) is 0 Å². The predicted octanol–water partition coefficient (Wildman–Crippen LogP) is -12.5. The van der Waals surface area contributed by atoms with Gasteiger partial charge in [-0.1, -0.05) is 0 Å². The molecule has 0 N–H and O–H groups in total. The Morgan fingerprint density at radius 2 is 0.273 bits per heavy atom. The van der Waals surface area contributed by atoms with Crippen molar-refractivity contribution in [3.63, 3.8) is 0 Å². The molecule has 0 amide bonds. The van der Waals surface area contributed by atoms with Crippen LogP contribution in [0.4, 0.5) is 0 Å². The van der Waals surface area contributed by atoms with Crippen LogP contribution in [-0.4, -0.2) is 0 Å². The van der Waals surface area contributed by atoms with Gasteiger partial charge in [-0.15, -0.1) is 0 Å². The van der Waals surface area contributed by atoms with Gasteiger partial charge in [-0.05, 0) is 0 Å². The van der Waals surface area contributed by atoms with Gasteiger partial charge < -0.3 is 40.7 Å². The monoisotopic (exact) mass is 410 g/mol. The first-order valence-electron chi connectivity index (χ1n) is 0. The molecule has 0 fully saturated rings. The van der Waals surface area contributed by atoms with Gasteiger partial charge >= 0.3 is 78.6 Å². The molecule has 0 aliphatic heterocycles. The number of hydrogen-bond acceptors (Lipinski definition) is 0. The van der Waals surface area contributed by atoms with E-state index in [0.717, 1.165) is 0 Å². The summed E-state index contributed by atoms with van der Waals surface area (Å²) >= 11 is 0. The van der Waals surface area contributed by atoms with Crippen molar-refractivity contribution in [2.75, 3.05) is 0 Å². The molecule has 0 saturated carbocycles. The van der Waals surface area contributed by atoms with Crippen LogP contribution in [0.15, 0.2) is 0 Å². The predicted molar refractivity (Wildman–Crippen MR) is 2.75 cm³/mol. The maximum atomic E-state index is 0. The second-order valence-electron chi connectivity index (χ2n) is 0. The second-order valence-corrected chi connectivity index (χ2v) is 0. The minimum Gasteiger partial charge on any atom is -2.00 e.